The minimum Gasteiger partial charge on any atom is -0.493 e. The Labute approximate surface area is 158 Å². The number of benzene rings is 2. The molecule has 0 radical (unpaired) electrons. The Morgan fingerprint density at radius 2 is 1.30 bits per heavy atom. The lowest BCUT2D eigenvalue weighted by Crippen LogP contribution is -2.45. The Bertz CT molecular complexity index is 820. The van der Waals surface area contributed by atoms with Gasteiger partial charge in [0.25, 0.3) is 11.8 Å². The van der Waals surface area contributed by atoms with Crippen LogP contribution in [0.25, 0.3) is 0 Å². The van der Waals surface area contributed by atoms with Crippen LogP contribution in [0.1, 0.15) is 16.7 Å². The number of ether oxygens (including phenoxy) is 3. The van der Waals surface area contributed by atoms with Gasteiger partial charge in [0.05, 0.1) is 7.11 Å². The van der Waals surface area contributed by atoms with Crippen molar-refractivity contribution in [3.05, 3.63) is 53.1 Å². The van der Waals surface area contributed by atoms with Crippen molar-refractivity contribution in [1.29, 1.82) is 0 Å². The molecule has 0 fully saturated rings. The van der Waals surface area contributed by atoms with Crippen molar-refractivity contribution in [3.8, 4) is 17.2 Å². The fraction of sp³-hybridized carbons (Fsp3) is 0.300. The lowest BCUT2D eigenvalue weighted by atomic mass is 10.1. The SMILES string of the molecule is COc1cc(C)ccc1OCC(=O)NNC(=O)COc1ccc(C)cc1C. The van der Waals surface area contributed by atoms with Gasteiger partial charge in [-0.3, -0.25) is 20.4 Å². The number of hydrogen-bond acceptors (Lipinski definition) is 5. The van der Waals surface area contributed by atoms with Crippen molar-refractivity contribution in [1.82, 2.24) is 10.9 Å². The van der Waals surface area contributed by atoms with E-state index in [1.165, 1.54) is 7.11 Å². The molecule has 2 aromatic rings. The Hall–Kier alpha value is -3.22. The first-order chi connectivity index (χ1) is 12.9. The fourth-order valence-corrected chi connectivity index (χ4v) is 2.35. The van der Waals surface area contributed by atoms with Crippen LogP contribution in [-0.4, -0.2) is 32.1 Å². The average molecular weight is 372 g/mol. The van der Waals surface area contributed by atoms with Crippen LogP contribution in [0.3, 0.4) is 0 Å². The van der Waals surface area contributed by atoms with Crippen LogP contribution in [0, 0.1) is 20.8 Å². The van der Waals surface area contributed by atoms with Gasteiger partial charge in [0, 0.05) is 0 Å². The molecule has 0 aromatic heterocycles. The quantitative estimate of drug-likeness (QED) is 0.728. The van der Waals surface area contributed by atoms with E-state index in [0.29, 0.717) is 17.2 Å². The standard InChI is InChI=1S/C20H24N2O5/c1-13-5-7-16(15(3)9-13)26-11-19(23)21-22-20(24)12-27-17-8-6-14(2)10-18(17)25-4/h5-10H,11-12H2,1-4H3,(H,21,23)(H,22,24). The van der Waals surface area contributed by atoms with Gasteiger partial charge in [0.15, 0.2) is 24.7 Å². The molecule has 2 rings (SSSR count). The summed E-state index contributed by atoms with van der Waals surface area (Å²) in [5.41, 5.74) is 7.62. The third-order valence-electron chi connectivity index (χ3n) is 3.71. The first kappa shape index (κ1) is 20.1. The van der Waals surface area contributed by atoms with Gasteiger partial charge in [0.1, 0.15) is 5.75 Å². The molecule has 0 bridgehead atoms. The zero-order valence-electron chi connectivity index (χ0n) is 15.9. The smallest absolute Gasteiger partial charge is 0.276 e. The number of aryl methyl sites for hydroxylation is 3. The molecule has 0 heterocycles. The summed E-state index contributed by atoms with van der Waals surface area (Å²) in [6, 6.07) is 11.0. The molecule has 7 nitrogen and oxygen atoms in total. The van der Waals surface area contributed by atoms with Crippen molar-refractivity contribution in [2.75, 3.05) is 20.3 Å². The van der Waals surface area contributed by atoms with E-state index in [4.69, 9.17) is 14.2 Å². The van der Waals surface area contributed by atoms with E-state index in [-0.39, 0.29) is 13.2 Å². The third kappa shape index (κ3) is 6.22. The molecule has 2 aromatic carbocycles. The van der Waals surface area contributed by atoms with Gasteiger partial charge in [0.2, 0.25) is 0 Å². The predicted octanol–water partition coefficient (Wildman–Crippen LogP) is 2.23. The molecule has 0 unspecified atom stereocenters. The molecule has 0 spiro atoms. The maximum absolute atomic E-state index is 11.8. The monoisotopic (exact) mass is 372 g/mol. The van der Waals surface area contributed by atoms with Gasteiger partial charge in [-0.15, -0.1) is 0 Å². The number of amides is 2. The Kier molecular flexibility index (Phi) is 7.05. The Balaban J connectivity index is 1.74. The zero-order chi connectivity index (χ0) is 19.8. The Morgan fingerprint density at radius 3 is 1.85 bits per heavy atom. The molecular weight excluding hydrogens is 348 g/mol. The van der Waals surface area contributed by atoms with E-state index in [0.717, 1.165) is 16.7 Å². The molecule has 2 N–H and O–H groups in total. The van der Waals surface area contributed by atoms with Crippen molar-refractivity contribution < 1.29 is 23.8 Å². The third-order valence-corrected chi connectivity index (χ3v) is 3.71. The second-order valence-corrected chi connectivity index (χ2v) is 6.10. The number of nitrogens with one attached hydrogen (secondary N) is 2. The summed E-state index contributed by atoms with van der Waals surface area (Å²) in [6.07, 6.45) is 0. The van der Waals surface area contributed by atoms with E-state index in [2.05, 4.69) is 10.9 Å². The lowest BCUT2D eigenvalue weighted by Gasteiger charge is -2.12. The summed E-state index contributed by atoms with van der Waals surface area (Å²) in [5.74, 6) is 0.627. The number of carbonyl (C=O) groups excluding carboxylic acids is 2. The topological polar surface area (TPSA) is 85.9 Å². The van der Waals surface area contributed by atoms with Crippen molar-refractivity contribution in [2.24, 2.45) is 0 Å². The van der Waals surface area contributed by atoms with Crippen LogP contribution in [0.2, 0.25) is 0 Å². The highest BCUT2D eigenvalue weighted by Crippen LogP contribution is 2.27. The summed E-state index contributed by atoms with van der Waals surface area (Å²) < 4.78 is 16.1. The molecule has 27 heavy (non-hydrogen) atoms. The second kappa shape index (κ2) is 9.47. The molecule has 0 aliphatic heterocycles. The molecule has 0 aliphatic carbocycles. The van der Waals surface area contributed by atoms with Crippen LogP contribution >= 0.6 is 0 Å². The number of rotatable bonds is 7. The molecule has 2 amide bonds. The molecule has 0 saturated heterocycles. The number of methoxy groups -OCH3 is 1. The highest BCUT2D eigenvalue weighted by atomic mass is 16.5. The molecule has 0 atom stereocenters. The first-order valence-electron chi connectivity index (χ1n) is 8.44. The number of hydrazine groups is 1. The minimum atomic E-state index is -0.502. The summed E-state index contributed by atoms with van der Waals surface area (Å²) in [6.45, 7) is 5.33. The molecule has 0 aliphatic rings. The summed E-state index contributed by atoms with van der Waals surface area (Å²) >= 11 is 0. The van der Waals surface area contributed by atoms with Crippen molar-refractivity contribution in [3.63, 3.8) is 0 Å². The highest BCUT2D eigenvalue weighted by Gasteiger charge is 2.10. The highest BCUT2D eigenvalue weighted by molar-refractivity contribution is 5.83. The first-order valence-corrected chi connectivity index (χ1v) is 8.44. The normalized spacial score (nSPS) is 10.1. The van der Waals surface area contributed by atoms with Crippen LogP contribution < -0.4 is 25.1 Å². The van der Waals surface area contributed by atoms with Crippen LogP contribution in [0.4, 0.5) is 0 Å². The summed E-state index contributed by atoms with van der Waals surface area (Å²) in [7, 11) is 1.53. The van der Waals surface area contributed by atoms with Gasteiger partial charge in [-0.05, 0) is 50.1 Å². The lowest BCUT2D eigenvalue weighted by molar-refractivity contribution is -0.131. The van der Waals surface area contributed by atoms with Crippen LogP contribution in [0.15, 0.2) is 36.4 Å². The van der Waals surface area contributed by atoms with Gasteiger partial charge < -0.3 is 14.2 Å². The van der Waals surface area contributed by atoms with E-state index in [9.17, 15) is 9.59 Å². The van der Waals surface area contributed by atoms with E-state index < -0.39 is 11.8 Å². The largest absolute Gasteiger partial charge is 0.493 e. The Morgan fingerprint density at radius 1 is 0.778 bits per heavy atom. The predicted molar refractivity (Wildman–Crippen MR) is 101 cm³/mol. The van der Waals surface area contributed by atoms with E-state index >= 15 is 0 Å². The minimum absolute atomic E-state index is 0.211. The van der Waals surface area contributed by atoms with Gasteiger partial charge in [-0.1, -0.05) is 23.8 Å². The van der Waals surface area contributed by atoms with Crippen molar-refractivity contribution in [2.45, 2.75) is 20.8 Å². The summed E-state index contributed by atoms with van der Waals surface area (Å²) in [4.78, 5) is 23.6. The second-order valence-electron chi connectivity index (χ2n) is 6.10. The van der Waals surface area contributed by atoms with Crippen LogP contribution in [-0.2, 0) is 9.59 Å². The van der Waals surface area contributed by atoms with Crippen molar-refractivity contribution >= 4 is 11.8 Å². The maximum atomic E-state index is 11.8. The van der Waals surface area contributed by atoms with Gasteiger partial charge in [-0.2, -0.15) is 0 Å². The average Bonchev–Trinajstić information content (AvgIpc) is 2.64. The molecular formula is C20H24N2O5. The number of hydrogen-bond donors (Lipinski definition) is 2. The maximum Gasteiger partial charge on any atom is 0.276 e. The van der Waals surface area contributed by atoms with Crippen LogP contribution in [0.5, 0.6) is 17.2 Å². The van der Waals surface area contributed by atoms with E-state index in [1.54, 1.807) is 18.2 Å². The van der Waals surface area contributed by atoms with E-state index in [1.807, 2.05) is 39.0 Å². The van der Waals surface area contributed by atoms with Gasteiger partial charge in [-0.25, -0.2) is 0 Å². The fourth-order valence-electron chi connectivity index (χ4n) is 2.35. The summed E-state index contributed by atoms with van der Waals surface area (Å²) in [5, 5.41) is 0. The zero-order valence-corrected chi connectivity index (χ0v) is 15.9. The molecule has 7 heteroatoms. The molecule has 144 valence electrons. The van der Waals surface area contributed by atoms with Gasteiger partial charge >= 0.3 is 0 Å². The number of carbonyl (C=O) groups is 2. The molecule has 0 saturated carbocycles.